The van der Waals surface area contributed by atoms with E-state index in [0.717, 1.165) is 5.57 Å². The number of imide groups is 1. The van der Waals surface area contributed by atoms with Gasteiger partial charge in [-0.2, -0.15) is 0 Å². The van der Waals surface area contributed by atoms with E-state index in [2.05, 4.69) is 15.9 Å². The molecule has 0 aromatic heterocycles. The van der Waals surface area contributed by atoms with Crippen LogP contribution in [-0.4, -0.2) is 35.6 Å². The van der Waals surface area contributed by atoms with Gasteiger partial charge in [-0.05, 0) is 71.1 Å². The Kier molecular flexibility index (Phi) is 5.92. The van der Waals surface area contributed by atoms with E-state index in [9.17, 15) is 24.3 Å². The first-order valence-corrected chi connectivity index (χ1v) is 13.3. The topological polar surface area (TPSA) is 101 Å². The monoisotopic (exact) mass is 593 g/mol. The summed E-state index contributed by atoms with van der Waals surface area (Å²) in [6, 6.07) is 11.3. The van der Waals surface area contributed by atoms with Gasteiger partial charge in [-0.3, -0.25) is 24.1 Å². The summed E-state index contributed by atoms with van der Waals surface area (Å²) in [5.74, 6) is -3.73. The first kappa shape index (κ1) is 24.8. The fourth-order valence-corrected chi connectivity index (χ4v) is 6.96. The predicted octanol–water partition coefficient (Wildman–Crippen LogP) is 5.02. The van der Waals surface area contributed by atoms with Crippen LogP contribution in [0.2, 0.25) is 5.02 Å². The second-order valence-corrected chi connectivity index (χ2v) is 11.1. The maximum Gasteiger partial charge on any atom is 0.238 e. The summed E-state index contributed by atoms with van der Waals surface area (Å²) in [6.45, 7) is 0. The zero-order chi connectivity index (χ0) is 26.9. The van der Waals surface area contributed by atoms with Crippen LogP contribution in [0.15, 0.2) is 75.8 Å². The summed E-state index contributed by atoms with van der Waals surface area (Å²) in [7, 11) is 1.46. The molecule has 4 atom stereocenters. The van der Waals surface area contributed by atoms with Gasteiger partial charge >= 0.3 is 0 Å². The lowest BCUT2D eigenvalue weighted by Crippen LogP contribution is -2.39. The van der Waals surface area contributed by atoms with E-state index in [-0.39, 0.29) is 51.2 Å². The van der Waals surface area contributed by atoms with Crippen molar-refractivity contribution in [2.75, 3.05) is 12.0 Å². The summed E-state index contributed by atoms with van der Waals surface area (Å²) < 4.78 is 5.70. The number of allylic oxidation sites excluding steroid dienone is 6. The standard InChI is InChI=1S/C29H21BrClNO6/c1-38-22-4-2-3-20(33)26(22)25-15-9-10-16-23(17(15)11-18-24(25)21(34)12-19(30)27(18)35)29(37)32(28(16)36)14-7-5-13(31)6-8-14/h2-9,12,16-17,23,25,33H,10-11H2,1H3/t16-,17+,23-,25-/m0/s1. The summed E-state index contributed by atoms with van der Waals surface area (Å²) in [5, 5.41) is 11.4. The normalized spacial score (nSPS) is 26.6. The van der Waals surface area contributed by atoms with Gasteiger partial charge in [0.25, 0.3) is 0 Å². The smallest absolute Gasteiger partial charge is 0.238 e. The Morgan fingerprint density at radius 2 is 1.76 bits per heavy atom. The minimum absolute atomic E-state index is 0.0876. The molecule has 2 aromatic carbocycles. The van der Waals surface area contributed by atoms with E-state index in [0.29, 0.717) is 28.4 Å². The lowest BCUT2D eigenvalue weighted by atomic mass is 9.59. The number of methoxy groups -OCH3 is 1. The Labute approximate surface area is 231 Å². The molecule has 7 nitrogen and oxygen atoms in total. The highest BCUT2D eigenvalue weighted by Crippen LogP contribution is 2.57. The number of phenolic OH excluding ortho intramolecular Hbond substituents is 1. The molecule has 6 rings (SSSR count). The molecular formula is C29H21BrClNO6. The molecular weight excluding hydrogens is 574 g/mol. The number of ketones is 2. The number of aromatic hydroxyl groups is 1. The minimum Gasteiger partial charge on any atom is -0.507 e. The number of carbonyl (C=O) groups is 4. The number of halogens is 2. The third-order valence-corrected chi connectivity index (χ3v) is 8.81. The SMILES string of the molecule is COc1cccc(O)c1[C@H]1C2=CC[C@@H]3C(=O)N(c4ccc(Cl)cc4)C(=O)[C@@H]3[C@@H]2CC2=C1C(=O)C=C(Br)C2=O. The number of phenols is 1. The number of fused-ring (bicyclic) bond motifs is 3. The minimum atomic E-state index is -0.804. The number of hydrogen-bond donors (Lipinski definition) is 1. The first-order chi connectivity index (χ1) is 18.2. The van der Waals surface area contributed by atoms with Crippen LogP contribution in [0.1, 0.15) is 24.3 Å². The molecule has 0 radical (unpaired) electrons. The number of nitrogens with zero attached hydrogens (tertiary/aromatic N) is 1. The molecule has 9 heteroatoms. The van der Waals surface area contributed by atoms with Gasteiger partial charge in [-0.15, -0.1) is 0 Å². The average molecular weight is 595 g/mol. The van der Waals surface area contributed by atoms with Crippen molar-refractivity contribution in [3.63, 3.8) is 0 Å². The number of ether oxygens (including phenoxy) is 1. The number of benzene rings is 2. The van der Waals surface area contributed by atoms with Crippen molar-refractivity contribution in [1.29, 1.82) is 0 Å². The molecule has 1 heterocycles. The van der Waals surface area contributed by atoms with Crippen molar-refractivity contribution in [3.8, 4) is 11.5 Å². The third kappa shape index (κ3) is 3.54. The number of hydrogen-bond acceptors (Lipinski definition) is 6. The van der Waals surface area contributed by atoms with Gasteiger partial charge in [0.15, 0.2) is 11.6 Å². The van der Waals surface area contributed by atoms with Gasteiger partial charge in [0.2, 0.25) is 11.8 Å². The van der Waals surface area contributed by atoms with Crippen molar-refractivity contribution in [2.45, 2.75) is 18.8 Å². The fraction of sp³-hybridized carbons (Fsp3) is 0.241. The molecule has 192 valence electrons. The van der Waals surface area contributed by atoms with E-state index in [1.54, 1.807) is 36.4 Å². The molecule has 38 heavy (non-hydrogen) atoms. The van der Waals surface area contributed by atoms with Crippen LogP contribution in [-0.2, 0) is 19.2 Å². The zero-order valence-corrected chi connectivity index (χ0v) is 22.5. The molecule has 1 N–H and O–H groups in total. The van der Waals surface area contributed by atoms with Crippen LogP contribution in [0.4, 0.5) is 5.69 Å². The Balaban J connectivity index is 1.52. The summed E-state index contributed by atoms with van der Waals surface area (Å²) in [5.41, 5.74) is 2.08. The summed E-state index contributed by atoms with van der Waals surface area (Å²) in [4.78, 5) is 55.3. The maximum atomic E-state index is 13.9. The molecule has 1 saturated heterocycles. The lowest BCUT2D eigenvalue weighted by molar-refractivity contribution is -0.123. The lowest BCUT2D eigenvalue weighted by Gasteiger charge is -2.42. The molecule has 4 aliphatic rings. The molecule has 0 saturated carbocycles. The number of Topliss-reactive ketones (excluding diaryl/α,β-unsaturated/α-hetero) is 1. The van der Waals surface area contributed by atoms with Crippen LogP contribution in [0.5, 0.6) is 11.5 Å². The second-order valence-electron chi connectivity index (χ2n) is 9.77. The predicted molar refractivity (Wildman–Crippen MR) is 143 cm³/mol. The average Bonchev–Trinajstić information content (AvgIpc) is 3.16. The van der Waals surface area contributed by atoms with E-state index in [1.807, 2.05) is 6.08 Å². The Bertz CT molecular complexity index is 1540. The van der Waals surface area contributed by atoms with Crippen molar-refractivity contribution in [3.05, 3.63) is 86.4 Å². The third-order valence-electron chi connectivity index (χ3n) is 7.97. The van der Waals surface area contributed by atoms with Gasteiger partial charge in [0.1, 0.15) is 11.5 Å². The van der Waals surface area contributed by atoms with E-state index in [1.165, 1.54) is 24.2 Å². The molecule has 1 fully saturated rings. The molecule has 3 aliphatic carbocycles. The highest BCUT2D eigenvalue weighted by atomic mass is 79.9. The van der Waals surface area contributed by atoms with Gasteiger partial charge < -0.3 is 9.84 Å². The highest BCUT2D eigenvalue weighted by molar-refractivity contribution is 9.12. The van der Waals surface area contributed by atoms with Crippen LogP contribution >= 0.6 is 27.5 Å². The molecule has 0 spiro atoms. The van der Waals surface area contributed by atoms with Crippen LogP contribution < -0.4 is 9.64 Å². The Morgan fingerprint density at radius 3 is 2.47 bits per heavy atom. The van der Waals surface area contributed by atoms with Crippen LogP contribution in [0, 0.1) is 17.8 Å². The molecule has 2 aromatic rings. The Hall–Kier alpha value is -3.49. The van der Waals surface area contributed by atoms with Gasteiger partial charge in [-0.25, -0.2) is 0 Å². The number of carbonyl (C=O) groups excluding carboxylic acids is 4. The number of anilines is 1. The molecule has 1 aliphatic heterocycles. The number of rotatable bonds is 3. The molecule has 0 unspecified atom stereocenters. The maximum absolute atomic E-state index is 13.9. The van der Waals surface area contributed by atoms with Crippen molar-refractivity contribution >= 4 is 56.6 Å². The van der Waals surface area contributed by atoms with Crippen LogP contribution in [0.3, 0.4) is 0 Å². The van der Waals surface area contributed by atoms with E-state index >= 15 is 0 Å². The van der Waals surface area contributed by atoms with E-state index in [4.69, 9.17) is 16.3 Å². The molecule has 2 amide bonds. The quantitative estimate of drug-likeness (QED) is 0.304. The van der Waals surface area contributed by atoms with Crippen molar-refractivity contribution in [1.82, 2.24) is 0 Å². The zero-order valence-electron chi connectivity index (χ0n) is 20.1. The van der Waals surface area contributed by atoms with Gasteiger partial charge in [0, 0.05) is 33.7 Å². The highest BCUT2D eigenvalue weighted by Gasteiger charge is 2.57. The first-order valence-electron chi connectivity index (χ1n) is 12.1. The fourth-order valence-electron chi connectivity index (χ4n) is 6.38. The number of amides is 2. The van der Waals surface area contributed by atoms with Gasteiger partial charge in [-0.1, -0.05) is 29.3 Å². The summed E-state index contributed by atoms with van der Waals surface area (Å²) >= 11 is 9.23. The molecule has 0 bridgehead atoms. The second kappa shape index (κ2) is 9.06. The largest absolute Gasteiger partial charge is 0.507 e. The van der Waals surface area contributed by atoms with E-state index < -0.39 is 23.7 Å². The summed E-state index contributed by atoms with van der Waals surface area (Å²) in [6.07, 6.45) is 3.57. The van der Waals surface area contributed by atoms with Gasteiger partial charge in [0.05, 0.1) is 29.1 Å². The van der Waals surface area contributed by atoms with Crippen LogP contribution in [0.25, 0.3) is 0 Å². The Morgan fingerprint density at radius 1 is 1.03 bits per heavy atom. The van der Waals surface area contributed by atoms with Crippen molar-refractivity contribution < 1.29 is 29.0 Å². The van der Waals surface area contributed by atoms with Crippen molar-refractivity contribution in [2.24, 2.45) is 17.8 Å².